The summed E-state index contributed by atoms with van der Waals surface area (Å²) in [6, 6.07) is 9.28. The second-order valence-electron chi connectivity index (χ2n) is 3.25. The number of rotatable bonds is 7. The van der Waals surface area contributed by atoms with Gasteiger partial charge in [-0.15, -0.1) is 0 Å². The maximum absolute atomic E-state index is 11.4. The van der Waals surface area contributed by atoms with Crippen molar-refractivity contribution < 1.29 is 18.5 Å². The molecule has 0 saturated carbocycles. The van der Waals surface area contributed by atoms with Crippen LogP contribution in [0.25, 0.3) is 0 Å². The van der Waals surface area contributed by atoms with E-state index in [1.54, 1.807) is 6.92 Å². The first-order valence-corrected chi connectivity index (χ1v) is 6.89. The number of hydrogen-bond donors (Lipinski definition) is 0. The van der Waals surface area contributed by atoms with E-state index in [4.69, 9.17) is 9.47 Å². The summed E-state index contributed by atoms with van der Waals surface area (Å²) in [5.41, 5.74) is 0. The molecule has 0 aromatic heterocycles. The number of ether oxygens (including phenoxy) is 2. The summed E-state index contributed by atoms with van der Waals surface area (Å²) in [6.07, 6.45) is 0. The molecule has 0 saturated heterocycles. The molecule has 1 rings (SSSR count). The van der Waals surface area contributed by atoms with Crippen LogP contribution >= 0.6 is 0 Å². The summed E-state index contributed by atoms with van der Waals surface area (Å²) in [6.45, 7) is 2.37. The van der Waals surface area contributed by atoms with Crippen molar-refractivity contribution in [3.8, 4) is 5.75 Å². The molecule has 5 heteroatoms. The van der Waals surface area contributed by atoms with Crippen molar-refractivity contribution in [1.29, 1.82) is 0 Å². The van der Waals surface area contributed by atoms with Crippen LogP contribution in [0.3, 0.4) is 0 Å². The third kappa shape index (κ3) is 6.06. The van der Waals surface area contributed by atoms with Gasteiger partial charge in [0.05, 0.1) is 19.0 Å². The maximum atomic E-state index is 11.4. The quantitative estimate of drug-likeness (QED) is 0.692. The average Bonchev–Trinajstić information content (AvgIpc) is 2.30. The molecular weight excluding hydrogens is 240 g/mol. The highest BCUT2D eigenvalue weighted by Crippen LogP contribution is 2.07. The van der Waals surface area contributed by atoms with E-state index in [9.17, 15) is 9.00 Å². The average molecular weight is 256 g/mol. The lowest BCUT2D eigenvalue weighted by Gasteiger charge is -2.05. The van der Waals surface area contributed by atoms with Gasteiger partial charge in [-0.1, -0.05) is 18.2 Å². The monoisotopic (exact) mass is 256 g/mol. The van der Waals surface area contributed by atoms with Crippen molar-refractivity contribution >= 4 is 16.8 Å². The van der Waals surface area contributed by atoms with E-state index in [0.717, 1.165) is 5.75 Å². The molecule has 1 aromatic rings. The molecule has 4 nitrogen and oxygen atoms in total. The Kier molecular flexibility index (Phi) is 6.32. The van der Waals surface area contributed by atoms with Crippen LogP contribution < -0.4 is 4.74 Å². The van der Waals surface area contributed by atoms with Gasteiger partial charge in [-0.25, -0.2) is 0 Å². The Labute approximate surface area is 103 Å². The molecule has 1 aromatic carbocycles. The van der Waals surface area contributed by atoms with E-state index >= 15 is 0 Å². The summed E-state index contributed by atoms with van der Waals surface area (Å²) in [7, 11) is -1.22. The normalized spacial score (nSPS) is 11.8. The van der Waals surface area contributed by atoms with Crippen LogP contribution in [0.4, 0.5) is 0 Å². The van der Waals surface area contributed by atoms with Gasteiger partial charge in [0.1, 0.15) is 11.5 Å². The highest BCUT2D eigenvalue weighted by atomic mass is 32.2. The Morgan fingerprint density at radius 3 is 2.65 bits per heavy atom. The van der Waals surface area contributed by atoms with Gasteiger partial charge in [-0.3, -0.25) is 9.00 Å². The largest absolute Gasteiger partial charge is 0.493 e. The molecule has 0 N–H and O–H groups in total. The number of hydrogen-bond acceptors (Lipinski definition) is 4. The standard InChI is InChI=1S/C12H16O4S/c1-2-15-12(13)10-17(14)9-8-16-11-6-4-3-5-7-11/h3-7H,2,8-10H2,1H3. The number of para-hydroxylation sites is 1. The second-order valence-corrected chi connectivity index (χ2v) is 4.83. The van der Waals surface area contributed by atoms with Gasteiger partial charge >= 0.3 is 5.97 Å². The number of carbonyl (C=O) groups excluding carboxylic acids is 1. The summed E-state index contributed by atoms with van der Waals surface area (Å²) in [4.78, 5) is 11.0. The van der Waals surface area contributed by atoms with Gasteiger partial charge in [0.25, 0.3) is 0 Å². The molecule has 0 radical (unpaired) electrons. The van der Waals surface area contributed by atoms with Crippen LogP contribution in [0.1, 0.15) is 6.92 Å². The van der Waals surface area contributed by atoms with Gasteiger partial charge in [0.15, 0.2) is 0 Å². The minimum Gasteiger partial charge on any atom is -0.493 e. The predicted molar refractivity (Wildman–Crippen MR) is 66.4 cm³/mol. The van der Waals surface area contributed by atoms with Crippen molar-refractivity contribution in [2.75, 3.05) is 24.7 Å². The van der Waals surface area contributed by atoms with Crippen LogP contribution in [0.2, 0.25) is 0 Å². The van der Waals surface area contributed by atoms with Gasteiger partial charge < -0.3 is 9.47 Å². The number of benzene rings is 1. The van der Waals surface area contributed by atoms with Crippen LogP contribution in [0.5, 0.6) is 5.75 Å². The molecule has 0 fully saturated rings. The fourth-order valence-electron chi connectivity index (χ4n) is 1.18. The van der Waals surface area contributed by atoms with Crippen molar-refractivity contribution in [2.24, 2.45) is 0 Å². The van der Waals surface area contributed by atoms with Crippen LogP contribution in [-0.2, 0) is 20.3 Å². The Hall–Kier alpha value is -1.36. The van der Waals surface area contributed by atoms with Crippen LogP contribution in [-0.4, -0.2) is 34.9 Å². The third-order valence-corrected chi connectivity index (χ3v) is 3.09. The predicted octanol–water partition coefficient (Wildman–Crippen LogP) is 1.38. The molecule has 0 bridgehead atoms. The van der Waals surface area contributed by atoms with Crippen molar-refractivity contribution in [1.82, 2.24) is 0 Å². The first-order chi connectivity index (χ1) is 8.22. The lowest BCUT2D eigenvalue weighted by atomic mass is 10.3. The van der Waals surface area contributed by atoms with E-state index < -0.39 is 16.8 Å². The fourth-order valence-corrected chi connectivity index (χ4v) is 1.94. The molecule has 0 spiro atoms. The molecule has 1 unspecified atom stereocenters. The molecule has 17 heavy (non-hydrogen) atoms. The molecule has 0 aliphatic carbocycles. The highest BCUT2D eigenvalue weighted by Gasteiger charge is 2.08. The molecule has 0 aliphatic rings. The number of esters is 1. The molecule has 0 heterocycles. The lowest BCUT2D eigenvalue weighted by molar-refractivity contribution is -0.139. The molecular formula is C12H16O4S. The van der Waals surface area contributed by atoms with Crippen molar-refractivity contribution in [3.05, 3.63) is 30.3 Å². The highest BCUT2D eigenvalue weighted by molar-refractivity contribution is 7.85. The van der Waals surface area contributed by atoms with Gasteiger partial charge in [0.2, 0.25) is 0 Å². The smallest absolute Gasteiger partial charge is 0.318 e. The maximum Gasteiger partial charge on any atom is 0.318 e. The first-order valence-electron chi connectivity index (χ1n) is 5.41. The Morgan fingerprint density at radius 2 is 2.00 bits per heavy atom. The van der Waals surface area contributed by atoms with Crippen LogP contribution in [0.15, 0.2) is 30.3 Å². The van der Waals surface area contributed by atoms with Crippen LogP contribution in [0, 0.1) is 0 Å². The van der Waals surface area contributed by atoms with E-state index in [1.165, 1.54) is 0 Å². The number of carbonyl (C=O) groups is 1. The van der Waals surface area contributed by atoms with E-state index in [-0.39, 0.29) is 5.75 Å². The SMILES string of the molecule is CCOC(=O)CS(=O)CCOc1ccccc1. The van der Waals surface area contributed by atoms with Crippen molar-refractivity contribution in [2.45, 2.75) is 6.92 Å². The van der Waals surface area contributed by atoms with E-state index in [0.29, 0.717) is 19.0 Å². The minimum atomic E-state index is -1.22. The fraction of sp³-hybridized carbons (Fsp3) is 0.417. The van der Waals surface area contributed by atoms with Gasteiger partial charge in [-0.2, -0.15) is 0 Å². The van der Waals surface area contributed by atoms with Crippen molar-refractivity contribution in [3.63, 3.8) is 0 Å². The molecule has 0 amide bonds. The third-order valence-electron chi connectivity index (χ3n) is 1.91. The molecule has 94 valence electrons. The zero-order chi connectivity index (χ0) is 12.5. The second kappa shape index (κ2) is 7.84. The summed E-state index contributed by atoms with van der Waals surface area (Å²) < 4.78 is 21.5. The van der Waals surface area contributed by atoms with E-state index in [2.05, 4.69) is 0 Å². The topological polar surface area (TPSA) is 52.6 Å². The Bertz CT molecular complexity index is 364. The zero-order valence-corrected chi connectivity index (χ0v) is 10.6. The summed E-state index contributed by atoms with van der Waals surface area (Å²) in [5, 5.41) is 0. The van der Waals surface area contributed by atoms with Gasteiger partial charge in [0, 0.05) is 10.8 Å². The first kappa shape index (κ1) is 13.7. The zero-order valence-electron chi connectivity index (χ0n) is 9.76. The Balaban J connectivity index is 2.18. The summed E-state index contributed by atoms with van der Waals surface area (Å²) >= 11 is 0. The van der Waals surface area contributed by atoms with Gasteiger partial charge in [-0.05, 0) is 19.1 Å². The minimum absolute atomic E-state index is 0.0635. The Morgan fingerprint density at radius 1 is 1.29 bits per heavy atom. The lowest BCUT2D eigenvalue weighted by Crippen LogP contribution is -2.18. The summed E-state index contributed by atoms with van der Waals surface area (Å²) in [5.74, 6) is 0.575. The molecule has 0 aliphatic heterocycles. The van der Waals surface area contributed by atoms with E-state index in [1.807, 2.05) is 30.3 Å². The molecule has 1 atom stereocenters.